The van der Waals surface area contributed by atoms with Crippen molar-refractivity contribution in [1.82, 2.24) is 0 Å². The molecule has 0 atom stereocenters. The molecular weight excluding hydrogens is 229 g/mol. The van der Waals surface area contributed by atoms with Crippen molar-refractivity contribution in [3.05, 3.63) is 59.9 Å². The molecule has 0 spiro atoms. The molecule has 0 amide bonds. The van der Waals surface area contributed by atoms with Gasteiger partial charge in [-0.25, -0.2) is 4.39 Å². The van der Waals surface area contributed by atoms with Crippen molar-refractivity contribution in [2.75, 3.05) is 11.4 Å². The first-order valence-electron chi connectivity index (χ1n) is 5.83. The predicted octanol–water partition coefficient (Wildman–Crippen LogP) is 3.80. The van der Waals surface area contributed by atoms with Crippen molar-refractivity contribution < 1.29 is 9.18 Å². The summed E-state index contributed by atoms with van der Waals surface area (Å²) in [5.74, 6) is -0.398. The first-order valence-corrected chi connectivity index (χ1v) is 5.83. The fourth-order valence-electron chi connectivity index (χ4n) is 1.97. The van der Waals surface area contributed by atoms with E-state index < -0.39 is 5.82 Å². The van der Waals surface area contributed by atoms with Gasteiger partial charge < -0.3 is 4.90 Å². The maximum atomic E-state index is 13.1. The molecule has 2 aromatic rings. The SMILES string of the molecule is CCN(c1ccccc1)c1ccc(F)cc1C=O. The molecule has 0 unspecified atom stereocenters. The predicted molar refractivity (Wildman–Crippen MR) is 70.9 cm³/mol. The molecule has 0 bridgehead atoms. The van der Waals surface area contributed by atoms with E-state index in [1.807, 2.05) is 42.2 Å². The van der Waals surface area contributed by atoms with E-state index in [0.717, 1.165) is 11.4 Å². The Bertz CT molecular complexity index is 539. The van der Waals surface area contributed by atoms with Gasteiger partial charge in [0.05, 0.1) is 5.69 Å². The molecule has 0 aliphatic carbocycles. The van der Waals surface area contributed by atoms with Crippen molar-refractivity contribution in [3.63, 3.8) is 0 Å². The highest BCUT2D eigenvalue weighted by atomic mass is 19.1. The van der Waals surface area contributed by atoms with Crippen LogP contribution in [0.2, 0.25) is 0 Å². The summed E-state index contributed by atoms with van der Waals surface area (Å²) in [6, 6.07) is 14.0. The Morgan fingerprint density at radius 1 is 1.17 bits per heavy atom. The molecule has 2 rings (SSSR count). The van der Waals surface area contributed by atoms with Crippen molar-refractivity contribution in [3.8, 4) is 0 Å². The topological polar surface area (TPSA) is 20.3 Å². The number of aldehydes is 1. The number of hydrogen-bond acceptors (Lipinski definition) is 2. The fourth-order valence-corrected chi connectivity index (χ4v) is 1.97. The Kier molecular flexibility index (Phi) is 3.72. The molecular formula is C15H14FNO. The molecule has 0 heterocycles. The van der Waals surface area contributed by atoms with Crippen LogP contribution in [-0.4, -0.2) is 12.8 Å². The highest BCUT2D eigenvalue weighted by Crippen LogP contribution is 2.27. The second kappa shape index (κ2) is 5.45. The quantitative estimate of drug-likeness (QED) is 0.761. The highest BCUT2D eigenvalue weighted by molar-refractivity contribution is 5.86. The molecule has 0 radical (unpaired) electrons. The van der Waals surface area contributed by atoms with E-state index >= 15 is 0 Å². The first-order chi connectivity index (χ1) is 8.76. The minimum absolute atomic E-state index is 0.362. The number of nitrogens with zero attached hydrogens (tertiary/aromatic N) is 1. The van der Waals surface area contributed by atoms with Crippen LogP contribution in [-0.2, 0) is 0 Å². The molecule has 0 saturated heterocycles. The van der Waals surface area contributed by atoms with Gasteiger partial charge in [-0.2, -0.15) is 0 Å². The van der Waals surface area contributed by atoms with Gasteiger partial charge in [-0.1, -0.05) is 18.2 Å². The van der Waals surface area contributed by atoms with Crippen molar-refractivity contribution in [1.29, 1.82) is 0 Å². The maximum Gasteiger partial charge on any atom is 0.152 e. The van der Waals surface area contributed by atoms with Crippen LogP contribution in [0.5, 0.6) is 0 Å². The van der Waals surface area contributed by atoms with Gasteiger partial charge >= 0.3 is 0 Å². The van der Waals surface area contributed by atoms with Crippen LogP contribution in [0.15, 0.2) is 48.5 Å². The lowest BCUT2D eigenvalue weighted by Gasteiger charge is -2.24. The van der Waals surface area contributed by atoms with Gasteiger partial charge in [0.2, 0.25) is 0 Å². The largest absolute Gasteiger partial charge is 0.341 e. The number of halogens is 1. The molecule has 0 aromatic heterocycles. The first kappa shape index (κ1) is 12.3. The van der Waals surface area contributed by atoms with E-state index in [4.69, 9.17) is 0 Å². The molecule has 3 heteroatoms. The Balaban J connectivity index is 2.48. The van der Waals surface area contributed by atoms with Gasteiger partial charge in [0, 0.05) is 17.8 Å². The van der Waals surface area contributed by atoms with Gasteiger partial charge in [0.25, 0.3) is 0 Å². The van der Waals surface area contributed by atoms with E-state index in [1.54, 1.807) is 6.07 Å². The summed E-state index contributed by atoms with van der Waals surface area (Å²) in [4.78, 5) is 13.0. The normalized spacial score (nSPS) is 10.1. The average Bonchev–Trinajstić information content (AvgIpc) is 2.42. The third kappa shape index (κ3) is 2.40. The lowest BCUT2D eigenvalue weighted by atomic mass is 10.1. The maximum absolute atomic E-state index is 13.1. The Labute approximate surface area is 106 Å². The summed E-state index contributed by atoms with van der Waals surface area (Å²) in [6.45, 7) is 2.70. The molecule has 0 fully saturated rings. The van der Waals surface area contributed by atoms with Gasteiger partial charge in [0.15, 0.2) is 6.29 Å². The van der Waals surface area contributed by atoms with Crippen LogP contribution >= 0.6 is 0 Å². The van der Waals surface area contributed by atoms with E-state index in [-0.39, 0.29) is 0 Å². The number of carbonyl (C=O) groups excluding carboxylic acids is 1. The lowest BCUT2D eigenvalue weighted by Crippen LogP contribution is -2.17. The summed E-state index contributed by atoms with van der Waals surface area (Å²) in [6.07, 6.45) is 0.685. The fraction of sp³-hybridized carbons (Fsp3) is 0.133. The zero-order valence-corrected chi connectivity index (χ0v) is 10.1. The smallest absolute Gasteiger partial charge is 0.152 e. The standard InChI is InChI=1S/C15H14FNO/c1-2-17(14-6-4-3-5-7-14)15-9-8-13(16)10-12(15)11-18/h3-11H,2H2,1H3. The van der Waals surface area contributed by atoms with E-state index in [9.17, 15) is 9.18 Å². The van der Waals surface area contributed by atoms with E-state index in [2.05, 4.69) is 0 Å². The van der Waals surface area contributed by atoms with Gasteiger partial charge in [-0.05, 0) is 37.3 Å². The van der Waals surface area contributed by atoms with Crippen molar-refractivity contribution in [2.45, 2.75) is 6.92 Å². The Hall–Kier alpha value is -2.16. The van der Waals surface area contributed by atoms with Crippen LogP contribution in [0, 0.1) is 5.82 Å². The van der Waals surface area contributed by atoms with Crippen LogP contribution in [0.3, 0.4) is 0 Å². The third-order valence-electron chi connectivity index (χ3n) is 2.79. The summed E-state index contributed by atoms with van der Waals surface area (Å²) < 4.78 is 13.1. The molecule has 2 nitrogen and oxygen atoms in total. The number of anilines is 2. The number of rotatable bonds is 4. The third-order valence-corrected chi connectivity index (χ3v) is 2.79. The number of benzene rings is 2. The zero-order valence-electron chi connectivity index (χ0n) is 10.1. The summed E-state index contributed by atoms with van der Waals surface area (Å²) >= 11 is 0. The zero-order chi connectivity index (χ0) is 13.0. The second-order valence-corrected chi connectivity index (χ2v) is 3.90. The lowest BCUT2D eigenvalue weighted by molar-refractivity contribution is 0.112. The number of para-hydroxylation sites is 1. The molecule has 2 aromatic carbocycles. The summed E-state index contributed by atoms with van der Waals surface area (Å²) in [5.41, 5.74) is 2.07. The van der Waals surface area contributed by atoms with Crippen LogP contribution in [0.1, 0.15) is 17.3 Å². The van der Waals surface area contributed by atoms with E-state index in [0.29, 0.717) is 18.4 Å². The number of hydrogen-bond donors (Lipinski definition) is 0. The van der Waals surface area contributed by atoms with E-state index in [1.165, 1.54) is 12.1 Å². The molecule has 0 saturated carbocycles. The second-order valence-electron chi connectivity index (χ2n) is 3.90. The van der Waals surface area contributed by atoms with Crippen LogP contribution in [0.25, 0.3) is 0 Å². The van der Waals surface area contributed by atoms with Crippen molar-refractivity contribution in [2.24, 2.45) is 0 Å². The van der Waals surface area contributed by atoms with Gasteiger partial charge in [-0.15, -0.1) is 0 Å². The minimum Gasteiger partial charge on any atom is -0.341 e. The monoisotopic (exact) mass is 243 g/mol. The number of carbonyl (C=O) groups is 1. The van der Waals surface area contributed by atoms with Crippen LogP contribution < -0.4 is 4.90 Å². The molecule has 0 aliphatic heterocycles. The average molecular weight is 243 g/mol. The summed E-state index contributed by atoms with van der Waals surface area (Å²) in [5, 5.41) is 0. The highest BCUT2D eigenvalue weighted by Gasteiger charge is 2.11. The van der Waals surface area contributed by atoms with Crippen LogP contribution in [0.4, 0.5) is 15.8 Å². The molecule has 18 heavy (non-hydrogen) atoms. The Morgan fingerprint density at radius 3 is 2.50 bits per heavy atom. The summed E-state index contributed by atoms with van der Waals surface area (Å²) in [7, 11) is 0. The molecule has 0 N–H and O–H groups in total. The Morgan fingerprint density at radius 2 is 1.89 bits per heavy atom. The molecule has 92 valence electrons. The van der Waals surface area contributed by atoms with Gasteiger partial charge in [-0.3, -0.25) is 4.79 Å². The molecule has 0 aliphatic rings. The minimum atomic E-state index is -0.398. The van der Waals surface area contributed by atoms with Crippen molar-refractivity contribution >= 4 is 17.7 Å². The van der Waals surface area contributed by atoms with Gasteiger partial charge in [0.1, 0.15) is 5.82 Å².